The van der Waals surface area contributed by atoms with Crippen molar-refractivity contribution < 1.29 is 125 Å². The molecule has 31 heteroatoms. The minimum Gasteiger partial charge on any atom is -0.487 e. The second-order valence-corrected chi connectivity index (χ2v) is 11.1. The Balaban J connectivity index is 2.29. The number of halogens is 24. The topological polar surface area (TPSA) is 79.8 Å². The van der Waals surface area contributed by atoms with Gasteiger partial charge in [0.15, 0.2) is 18.2 Å². The Kier molecular flexibility index (Phi) is 12.8. The Morgan fingerprint density at radius 3 is 1.29 bits per heavy atom. The van der Waals surface area contributed by atoms with Gasteiger partial charge in [-0.15, -0.1) is 11.6 Å². The molecule has 0 aliphatic heterocycles. The highest BCUT2D eigenvalue weighted by molar-refractivity contribution is 6.29. The summed E-state index contributed by atoms with van der Waals surface area (Å²) in [7, 11) is 0. The van der Waals surface area contributed by atoms with Gasteiger partial charge in [-0.25, -0.2) is 19.4 Å². The van der Waals surface area contributed by atoms with E-state index in [4.69, 9.17) is 16.3 Å². The van der Waals surface area contributed by atoms with E-state index in [1.165, 1.54) is 11.7 Å². The molecule has 2 aromatic rings. The maximum atomic E-state index is 14.2. The molecule has 0 unspecified atom stereocenters. The highest BCUT2D eigenvalue weighted by Gasteiger charge is 2.90. The maximum Gasteiger partial charge on any atom is 0.460 e. The standard InChI is InChI=1S/C25H12ClF23N2O5/c1-9(26)14(52)54-12-6-50-13(51-7-12)10-2-4-11(5-3-10)53-8-15(27,28)16(29,30)22(42,43)55-24(46,47)19(35,36)20(37,38)25(48,49)56-23(44,45)18(33,34)17(31,32)21(39,40)41/h2-7,9H,8H2,1H3/t9-/m0/s1. The fourth-order valence-corrected chi connectivity index (χ4v) is 3.24. The molecule has 0 amide bonds. The summed E-state index contributed by atoms with van der Waals surface area (Å²) >= 11 is 5.49. The Hall–Kier alpha value is -3.83. The molecule has 0 N–H and O–H groups in total. The molecule has 1 aromatic carbocycles. The second-order valence-electron chi connectivity index (χ2n) is 10.4. The van der Waals surface area contributed by atoms with Crippen molar-refractivity contribution in [3.05, 3.63) is 36.7 Å². The molecular weight excluding hydrogens is 881 g/mol. The normalized spacial score (nSPS) is 15.4. The van der Waals surface area contributed by atoms with Gasteiger partial charge >= 0.3 is 72.1 Å². The Morgan fingerprint density at radius 2 is 0.929 bits per heavy atom. The second kappa shape index (κ2) is 14.8. The van der Waals surface area contributed by atoms with Crippen LogP contribution in [0.3, 0.4) is 0 Å². The smallest absolute Gasteiger partial charge is 0.460 e. The number of hydrogen-bond donors (Lipinski definition) is 0. The summed E-state index contributed by atoms with van der Waals surface area (Å²) in [6.07, 6.45) is -39.4. The highest BCUT2D eigenvalue weighted by Crippen LogP contribution is 2.60. The van der Waals surface area contributed by atoms with Crippen molar-refractivity contribution in [3.8, 4) is 22.9 Å². The molecule has 320 valence electrons. The van der Waals surface area contributed by atoms with Gasteiger partial charge in [0, 0.05) is 5.56 Å². The van der Waals surface area contributed by atoms with Gasteiger partial charge in [-0.2, -0.15) is 101 Å². The molecule has 0 aliphatic rings. The van der Waals surface area contributed by atoms with Crippen LogP contribution >= 0.6 is 11.6 Å². The first kappa shape index (κ1) is 48.3. The number of esters is 1. The average Bonchev–Trinajstić information content (AvgIpc) is 3.02. The van der Waals surface area contributed by atoms with E-state index in [-0.39, 0.29) is 17.1 Å². The third-order valence-corrected chi connectivity index (χ3v) is 6.46. The number of carbonyl (C=O) groups is 1. The summed E-state index contributed by atoms with van der Waals surface area (Å²) < 4.78 is 320. The van der Waals surface area contributed by atoms with Crippen molar-refractivity contribution >= 4 is 17.6 Å². The van der Waals surface area contributed by atoms with E-state index >= 15 is 0 Å². The maximum absolute atomic E-state index is 14.2. The van der Waals surface area contributed by atoms with E-state index in [0.717, 1.165) is 29.3 Å². The summed E-state index contributed by atoms with van der Waals surface area (Å²) in [5, 5.41) is -1.10. The van der Waals surface area contributed by atoms with Crippen LogP contribution in [0.2, 0.25) is 0 Å². The zero-order valence-electron chi connectivity index (χ0n) is 25.8. The van der Waals surface area contributed by atoms with Crippen LogP contribution in [0.5, 0.6) is 11.5 Å². The minimum atomic E-state index is -8.84. The molecule has 2 rings (SSSR count). The number of alkyl halides is 24. The first-order valence-electron chi connectivity index (χ1n) is 13.3. The number of aromatic nitrogens is 2. The molecule has 0 aliphatic carbocycles. The molecule has 0 saturated heterocycles. The number of hydrogen-bond acceptors (Lipinski definition) is 7. The molecular formula is C25H12ClF23N2O5. The van der Waals surface area contributed by atoms with Crippen molar-refractivity contribution in [3.63, 3.8) is 0 Å². The summed E-state index contributed by atoms with van der Waals surface area (Å²) in [6, 6.07) is 2.89. The number of rotatable bonds is 17. The van der Waals surface area contributed by atoms with Gasteiger partial charge in [0.2, 0.25) is 0 Å². The predicted octanol–water partition coefficient (Wildman–Crippen LogP) is 9.83. The fourth-order valence-electron chi connectivity index (χ4n) is 3.20. The van der Waals surface area contributed by atoms with E-state index in [1.54, 1.807) is 0 Å². The third kappa shape index (κ3) is 8.69. The largest absolute Gasteiger partial charge is 0.487 e. The monoisotopic (exact) mass is 892 g/mol. The molecule has 56 heavy (non-hydrogen) atoms. The Morgan fingerprint density at radius 1 is 0.571 bits per heavy atom. The van der Waals surface area contributed by atoms with Crippen molar-refractivity contribution in [2.75, 3.05) is 6.61 Å². The molecule has 7 nitrogen and oxygen atoms in total. The van der Waals surface area contributed by atoms with Gasteiger partial charge < -0.3 is 9.47 Å². The minimum absolute atomic E-state index is 0.0643. The SMILES string of the molecule is C[C@H](Cl)C(=O)Oc1cnc(-c2ccc(OCC(F)(F)C(F)(F)C(F)(F)OC(F)(F)C(F)(F)C(F)(F)C(F)(F)OC(F)(F)C(F)(F)C(F)(F)C(F)(F)F)cc2)nc1. The lowest BCUT2D eigenvalue weighted by molar-refractivity contribution is -0.543. The highest BCUT2D eigenvalue weighted by atomic mass is 35.5. The summed E-state index contributed by atoms with van der Waals surface area (Å²) in [5.74, 6) is -51.0. The lowest BCUT2D eigenvalue weighted by Crippen LogP contribution is -2.69. The van der Waals surface area contributed by atoms with E-state index in [9.17, 15) is 106 Å². The summed E-state index contributed by atoms with van der Waals surface area (Å²) in [4.78, 5) is 18.9. The summed E-state index contributed by atoms with van der Waals surface area (Å²) in [6.45, 7) is -1.83. The Labute approximate surface area is 297 Å². The molecule has 1 atom stereocenters. The first-order chi connectivity index (χ1) is 24.7. The van der Waals surface area contributed by atoms with Crippen molar-refractivity contribution in [2.45, 2.75) is 78.4 Å². The van der Waals surface area contributed by atoms with Gasteiger partial charge in [0.1, 0.15) is 11.1 Å². The van der Waals surface area contributed by atoms with Crippen molar-refractivity contribution in [1.29, 1.82) is 0 Å². The van der Waals surface area contributed by atoms with Crippen LogP contribution in [0.1, 0.15) is 6.92 Å². The van der Waals surface area contributed by atoms with Crippen LogP contribution in [-0.2, 0) is 14.3 Å². The molecule has 0 bridgehead atoms. The Bertz CT molecular complexity index is 1690. The average molecular weight is 893 g/mol. The van der Waals surface area contributed by atoms with E-state index in [0.29, 0.717) is 12.1 Å². The zero-order chi connectivity index (χ0) is 44.2. The lowest BCUT2D eigenvalue weighted by Gasteiger charge is -2.40. The number of ether oxygens (including phenoxy) is 4. The van der Waals surface area contributed by atoms with Crippen LogP contribution < -0.4 is 9.47 Å². The predicted molar refractivity (Wildman–Crippen MR) is 132 cm³/mol. The van der Waals surface area contributed by atoms with Crippen molar-refractivity contribution in [2.24, 2.45) is 0 Å². The fraction of sp³-hybridized carbons (Fsp3) is 0.560. The molecule has 0 spiro atoms. The van der Waals surface area contributed by atoms with Gasteiger partial charge in [-0.3, -0.25) is 4.79 Å². The zero-order valence-corrected chi connectivity index (χ0v) is 26.5. The van der Waals surface area contributed by atoms with Gasteiger partial charge in [-0.1, -0.05) is 0 Å². The molecule has 1 heterocycles. The molecule has 0 radical (unpaired) electrons. The van der Waals surface area contributed by atoms with E-state index < -0.39 is 89.8 Å². The quantitative estimate of drug-likeness (QED) is 0.0890. The van der Waals surface area contributed by atoms with E-state index in [1.807, 2.05) is 0 Å². The van der Waals surface area contributed by atoms with Crippen LogP contribution in [0.15, 0.2) is 36.7 Å². The van der Waals surface area contributed by atoms with Gasteiger partial charge in [-0.05, 0) is 31.2 Å². The molecule has 0 fully saturated rings. The molecule has 0 saturated carbocycles. The number of carbonyl (C=O) groups excluding carboxylic acids is 1. The van der Waals surface area contributed by atoms with Gasteiger partial charge in [0.25, 0.3) is 0 Å². The first-order valence-corrected chi connectivity index (χ1v) is 13.8. The van der Waals surface area contributed by atoms with Crippen LogP contribution in [0.25, 0.3) is 11.4 Å². The van der Waals surface area contributed by atoms with Crippen LogP contribution in [-0.4, -0.2) is 94.1 Å². The number of nitrogens with zero attached hydrogens (tertiary/aromatic N) is 2. The summed E-state index contributed by atoms with van der Waals surface area (Å²) in [5.41, 5.74) is -0.0643. The van der Waals surface area contributed by atoms with E-state index in [2.05, 4.69) is 14.7 Å². The number of benzene rings is 1. The molecule has 1 aromatic heterocycles. The van der Waals surface area contributed by atoms with Crippen LogP contribution in [0.4, 0.5) is 101 Å². The van der Waals surface area contributed by atoms with Crippen molar-refractivity contribution in [1.82, 2.24) is 9.97 Å². The van der Waals surface area contributed by atoms with Crippen LogP contribution in [0, 0.1) is 0 Å². The third-order valence-electron chi connectivity index (χ3n) is 6.28. The van der Waals surface area contributed by atoms with Gasteiger partial charge in [0.05, 0.1) is 12.4 Å². The lowest BCUT2D eigenvalue weighted by atomic mass is 10.1.